The van der Waals surface area contributed by atoms with E-state index in [1.165, 1.54) is 0 Å². The summed E-state index contributed by atoms with van der Waals surface area (Å²) in [6.45, 7) is 5.18. The molecular weight excluding hydrogens is 311 g/mol. The van der Waals surface area contributed by atoms with E-state index >= 15 is 0 Å². The Morgan fingerprint density at radius 3 is 2.19 bits per heavy atom. The van der Waals surface area contributed by atoms with Gasteiger partial charge in [-0.05, 0) is 31.0 Å². The van der Waals surface area contributed by atoms with Gasteiger partial charge >= 0.3 is 11.8 Å². The van der Waals surface area contributed by atoms with Crippen molar-refractivity contribution in [3.05, 3.63) is 28.2 Å². The summed E-state index contributed by atoms with van der Waals surface area (Å²) < 4.78 is 0. The second-order valence-corrected chi connectivity index (χ2v) is 5.63. The maximum absolute atomic E-state index is 12.2. The van der Waals surface area contributed by atoms with Crippen molar-refractivity contribution in [1.82, 2.24) is 4.90 Å². The molecule has 0 aliphatic heterocycles. The van der Waals surface area contributed by atoms with E-state index in [-0.39, 0.29) is 0 Å². The first-order valence-corrected chi connectivity index (χ1v) is 7.79. The molecule has 0 radical (unpaired) electrons. The molecule has 0 spiro atoms. The van der Waals surface area contributed by atoms with Gasteiger partial charge in [0, 0.05) is 28.8 Å². The monoisotopic (exact) mass is 330 g/mol. The predicted octanol–water partition coefficient (Wildman–Crippen LogP) is 3.97. The lowest BCUT2D eigenvalue weighted by molar-refractivity contribution is -0.143. The Labute approximate surface area is 135 Å². The highest BCUT2D eigenvalue weighted by Gasteiger charge is 2.21. The van der Waals surface area contributed by atoms with Crippen LogP contribution in [0.15, 0.2) is 18.2 Å². The van der Waals surface area contributed by atoms with Gasteiger partial charge in [0.05, 0.1) is 0 Å². The number of carbonyl (C=O) groups excluding carboxylic acids is 2. The fourth-order valence-corrected chi connectivity index (χ4v) is 2.41. The van der Waals surface area contributed by atoms with E-state index in [1.807, 2.05) is 13.8 Å². The minimum Gasteiger partial charge on any atom is -0.334 e. The molecule has 0 aromatic heterocycles. The van der Waals surface area contributed by atoms with E-state index in [4.69, 9.17) is 23.2 Å². The second-order valence-electron chi connectivity index (χ2n) is 4.76. The number of rotatable bonds is 6. The summed E-state index contributed by atoms with van der Waals surface area (Å²) in [4.78, 5) is 25.8. The van der Waals surface area contributed by atoms with Crippen LogP contribution >= 0.6 is 23.2 Å². The van der Waals surface area contributed by atoms with Crippen molar-refractivity contribution in [2.24, 2.45) is 0 Å². The number of anilines is 1. The summed E-state index contributed by atoms with van der Waals surface area (Å²) in [7, 11) is 0. The van der Waals surface area contributed by atoms with Crippen LogP contribution in [-0.4, -0.2) is 29.8 Å². The minimum atomic E-state index is -0.669. The summed E-state index contributed by atoms with van der Waals surface area (Å²) in [6, 6.07) is 4.66. The van der Waals surface area contributed by atoms with Crippen molar-refractivity contribution in [1.29, 1.82) is 0 Å². The van der Waals surface area contributed by atoms with Crippen LogP contribution in [0.3, 0.4) is 0 Å². The van der Waals surface area contributed by atoms with E-state index in [2.05, 4.69) is 5.32 Å². The Hall–Kier alpha value is -1.26. The molecule has 2 amide bonds. The van der Waals surface area contributed by atoms with Gasteiger partial charge in [-0.2, -0.15) is 0 Å². The minimum absolute atomic E-state index is 0.404. The largest absolute Gasteiger partial charge is 0.334 e. The van der Waals surface area contributed by atoms with Gasteiger partial charge in [-0.25, -0.2) is 0 Å². The van der Waals surface area contributed by atoms with Crippen LogP contribution in [0.25, 0.3) is 0 Å². The number of hydrogen-bond acceptors (Lipinski definition) is 2. The molecular formula is C15H20Cl2N2O2. The third-order valence-corrected chi connectivity index (χ3v) is 3.31. The first kappa shape index (κ1) is 17.8. The highest BCUT2D eigenvalue weighted by molar-refractivity contribution is 6.40. The van der Waals surface area contributed by atoms with E-state index in [0.717, 1.165) is 19.3 Å². The zero-order valence-electron chi connectivity index (χ0n) is 12.3. The van der Waals surface area contributed by atoms with Crippen LogP contribution in [0, 0.1) is 0 Å². The molecule has 21 heavy (non-hydrogen) atoms. The Morgan fingerprint density at radius 1 is 1.05 bits per heavy atom. The topological polar surface area (TPSA) is 49.4 Å². The van der Waals surface area contributed by atoms with Gasteiger partial charge in [0.2, 0.25) is 0 Å². The molecule has 6 heteroatoms. The van der Waals surface area contributed by atoms with Gasteiger partial charge in [0.1, 0.15) is 0 Å². The number of nitrogens with zero attached hydrogens (tertiary/aromatic N) is 1. The van der Waals surface area contributed by atoms with Gasteiger partial charge in [0.15, 0.2) is 0 Å². The van der Waals surface area contributed by atoms with Gasteiger partial charge in [-0.15, -0.1) is 0 Å². The lowest BCUT2D eigenvalue weighted by atomic mass is 10.2. The molecule has 0 heterocycles. The summed E-state index contributed by atoms with van der Waals surface area (Å²) in [6.07, 6.45) is 2.66. The van der Waals surface area contributed by atoms with Gasteiger partial charge in [-0.1, -0.05) is 43.5 Å². The zero-order valence-corrected chi connectivity index (χ0v) is 13.8. The van der Waals surface area contributed by atoms with Crippen molar-refractivity contribution in [3.8, 4) is 0 Å². The molecule has 1 aromatic rings. The second kappa shape index (κ2) is 8.90. The Bertz CT molecular complexity index is 486. The molecule has 0 atom stereocenters. The maximum atomic E-state index is 12.2. The third-order valence-electron chi connectivity index (χ3n) is 2.88. The third kappa shape index (κ3) is 5.94. The van der Waals surface area contributed by atoms with Crippen LogP contribution in [0.5, 0.6) is 0 Å². The number of carbonyl (C=O) groups is 2. The SMILES string of the molecule is CCCCN(CCC)C(=O)C(=O)Nc1cc(Cl)cc(Cl)c1. The lowest BCUT2D eigenvalue weighted by Gasteiger charge is -2.21. The number of benzene rings is 1. The molecule has 1 N–H and O–H groups in total. The smallest absolute Gasteiger partial charge is 0.313 e. The number of hydrogen-bond donors (Lipinski definition) is 1. The summed E-state index contributed by atoms with van der Waals surface area (Å²) in [5.74, 6) is -1.20. The van der Waals surface area contributed by atoms with Crippen molar-refractivity contribution >= 4 is 40.7 Å². The van der Waals surface area contributed by atoms with Crippen molar-refractivity contribution < 1.29 is 9.59 Å². The fraction of sp³-hybridized carbons (Fsp3) is 0.467. The van der Waals surface area contributed by atoms with Gasteiger partial charge in [-0.3, -0.25) is 9.59 Å². The quantitative estimate of drug-likeness (QED) is 0.802. The van der Waals surface area contributed by atoms with E-state index in [9.17, 15) is 9.59 Å². The standard InChI is InChI=1S/C15H20Cl2N2O2/c1-3-5-7-19(6-4-2)15(21)14(20)18-13-9-11(16)8-12(17)10-13/h8-10H,3-7H2,1-2H3,(H,18,20). The average molecular weight is 331 g/mol. The van der Waals surface area contributed by atoms with Gasteiger partial charge < -0.3 is 10.2 Å². The highest BCUT2D eigenvalue weighted by atomic mass is 35.5. The summed E-state index contributed by atoms with van der Waals surface area (Å²) in [5, 5.41) is 3.35. The number of unbranched alkanes of at least 4 members (excludes halogenated alkanes) is 1. The molecule has 1 aromatic carbocycles. The molecule has 0 saturated heterocycles. The molecule has 116 valence electrons. The fourth-order valence-electron chi connectivity index (χ4n) is 1.89. The molecule has 0 fully saturated rings. The number of amides is 2. The Kier molecular flexibility index (Phi) is 7.54. The van der Waals surface area contributed by atoms with Crippen LogP contribution < -0.4 is 5.32 Å². The average Bonchev–Trinajstić information content (AvgIpc) is 2.41. The number of nitrogens with one attached hydrogen (secondary N) is 1. The zero-order chi connectivity index (χ0) is 15.8. The van der Waals surface area contributed by atoms with Gasteiger partial charge in [0.25, 0.3) is 0 Å². The molecule has 0 unspecified atom stereocenters. The first-order valence-electron chi connectivity index (χ1n) is 7.04. The van der Waals surface area contributed by atoms with Crippen LogP contribution in [0.1, 0.15) is 33.1 Å². The first-order chi connectivity index (χ1) is 9.97. The summed E-state index contributed by atoms with van der Waals surface area (Å²) in [5.41, 5.74) is 0.415. The molecule has 0 saturated carbocycles. The highest BCUT2D eigenvalue weighted by Crippen LogP contribution is 2.22. The molecule has 0 bridgehead atoms. The van der Waals surface area contributed by atoms with Crippen LogP contribution in [0.4, 0.5) is 5.69 Å². The molecule has 0 aliphatic carbocycles. The molecule has 4 nitrogen and oxygen atoms in total. The lowest BCUT2D eigenvalue weighted by Crippen LogP contribution is -2.40. The van der Waals surface area contributed by atoms with Crippen molar-refractivity contribution in [2.45, 2.75) is 33.1 Å². The summed E-state index contributed by atoms with van der Waals surface area (Å²) >= 11 is 11.7. The van der Waals surface area contributed by atoms with Crippen LogP contribution in [0.2, 0.25) is 10.0 Å². The molecule has 0 aliphatic rings. The number of halogens is 2. The van der Waals surface area contributed by atoms with Crippen molar-refractivity contribution in [3.63, 3.8) is 0 Å². The van der Waals surface area contributed by atoms with E-state index < -0.39 is 11.8 Å². The normalized spacial score (nSPS) is 10.3. The van der Waals surface area contributed by atoms with Crippen LogP contribution in [-0.2, 0) is 9.59 Å². The maximum Gasteiger partial charge on any atom is 0.313 e. The Balaban J connectivity index is 2.73. The van der Waals surface area contributed by atoms with Crippen molar-refractivity contribution in [2.75, 3.05) is 18.4 Å². The van der Waals surface area contributed by atoms with E-state index in [0.29, 0.717) is 28.8 Å². The Morgan fingerprint density at radius 2 is 1.67 bits per heavy atom. The predicted molar refractivity (Wildman–Crippen MR) is 86.9 cm³/mol. The van der Waals surface area contributed by atoms with E-state index in [1.54, 1.807) is 23.1 Å². The molecule has 1 rings (SSSR count).